The van der Waals surface area contributed by atoms with Crippen molar-refractivity contribution in [2.24, 2.45) is 0 Å². The summed E-state index contributed by atoms with van der Waals surface area (Å²) in [6, 6.07) is 21.1. The summed E-state index contributed by atoms with van der Waals surface area (Å²) in [6.45, 7) is 2.30. The number of phenolic OH excluding ortho intramolecular Hbond substituents is 1. The maximum atomic E-state index is 13.2. The number of benzene rings is 3. The van der Waals surface area contributed by atoms with Gasteiger partial charge in [-0.05, 0) is 73.9 Å². The van der Waals surface area contributed by atoms with Crippen LogP contribution in [-0.2, 0) is 6.54 Å². The molecule has 0 spiro atoms. The number of ether oxygens (including phenoxy) is 1. The zero-order chi connectivity index (χ0) is 26.6. The summed E-state index contributed by atoms with van der Waals surface area (Å²) in [5, 5.41) is 21.0. The lowest BCUT2D eigenvalue weighted by Crippen LogP contribution is -2.31. The normalized spacial score (nSPS) is 13.0. The third kappa shape index (κ3) is 5.39. The topological polar surface area (TPSA) is 105 Å². The van der Waals surface area contributed by atoms with Gasteiger partial charge in [0, 0.05) is 29.3 Å². The number of rotatable bonds is 7. The van der Waals surface area contributed by atoms with E-state index in [4.69, 9.17) is 4.74 Å². The van der Waals surface area contributed by atoms with Gasteiger partial charge in [0.15, 0.2) is 0 Å². The lowest BCUT2D eigenvalue weighted by atomic mass is 9.82. The predicted molar refractivity (Wildman–Crippen MR) is 146 cm³/mol. The van der Waals surface area contributed by atoms with Crippen LogP contribution in [0.4, 0.5) is 10.5 Å². The van der Waals surface area contributed by atoms with Crippen LogP contribution in [0.5, 0.6) is 11.5 Å². The summed E-state index contributed by atoms with van der Waals surface area (Å²) in [5.74, 6) is 0.748. The number of anilines is 1. The number of carbonyl (C=O) groups is 2. The highest BCUT2D eigenvalue weighted by molar-refractivity contribution is 6.04. The summed E-state index contributed by atoms with van der Waals surface area (Å²) < 4.78 is 6.59. The molecule has 194 valence electrons. The summed E-state index contributed by atoms with van der Waals surface area (Å²) in [6.07, 6.45) is 3.06. The van der Waals surface area contributed by atoms with E-state index in [1.165, 1.54) is 10.7 Å². The number of hydrogen-bond donors (Lipinski definition) is 3. The van der Waals surface area contributed by atoms with E-state index in [0.29, 0.717) is 29.1 Å². The van der Waals surface area contributed by atoms with Gasteiger partial charge in [0.2, 0.25) is 0 Å². The number of nitrogens with one attached hydrogen (secondary N) is 2. The summed E-state index contributed by atoms with van der Waals surface area (Å²) in [4.78, 5) is 25.9. The molecule has 1 saturated carbocycles. The zero-order valence-corrected chi connectivity index (χ0v) is 21.4. The van der Waals surface area contributed by atoms with Gasteiger partial charge in [-0.2, -0.15) is 9.78 Å². The van der Waals surface area contributed by atoms with Crippen molar-refractivity contribution in [1.29, 1.82) is 0 Å². The second kappa shape index (κ2) is 10.8. The van der Waals surface area contributed by atoms with Gasteiger partial charge in [0.05, 0.1) is 18.5 Å². The molecule has 0 bridgehead atoms. The molecule has 0 atom stereocenters. The number of hydrogen-bond acceptors (Lipinski definition) is 5. The van der Waals surface area contributed by atoms with Gasteiger partial charge in [0.1, 0.15) is 11.5 Å². The minimum atomic E-state index is -0.336. The molecule has 1 aromatic heterocycles. The van der Waals surface area contributed by atoms with Crippen LogP contribution < -0.4 is 15.4 Å². The number of aryl methyl sites for hydroxylation is 1. The lowest BCUT2D eigenvalue weighted by Gasteiger charge is -2.25. The Morgan fingerprint density at radius 2 is 1.76 bits per heavy atom. The average molecular weight is 511 g/mol. The molecule has 4 aromatic rings. The molecule has 1 aliphatic carbocycles. The van der Waals surface area contributed by atoms with E-state index in [1.54, 1.807) is 31.4 Å². The summed E-state index contributed by atoms with van der Waals surface area (Å²) >= 11 is 0. The van der Waals surface area contributed by atoms with Crippen LogP contribution in [0.2, 0.25) is 0 Å². The number of aromatic hydroxyl groups is 1. The van der Waals surface area contributed by atoms with Crippen molar-refractivity contribution in [2.45, 2.75) is 38.6 Å². The molecular formula is C30H30N4O4. The molecule has 3 N–H and O–H groups in total. The van der Waals surface area contributed by atoms with Crippen molar-refractivity contribution < 1.29 is 19.4 Å². The van der Waals surface area contributed by atoms with Gasteiger partial charge in [-0.3, -0.25) is 4.79 Å². The first kappa shape index (κ1) is 25.1. The van der Waals surface area contributed by atoms with Crippen LogP contribution in [0.3, 0.4) is 0 Å². The van der Waals surface area contributed by atoms with Crippen LogP contribution in [0.25, 0.3) is 11.3 Å². The third-order valence-electron chi connectivity index (χ3n) is 6.90. The summed E-state index contributed by atoms with van der Waals surface area (Å²) in [5.41, 5.74) is 4.78. The number of carbonyl (C=O) groups excluding carboxylic acids is 2. The van der Waals surface area contributed by atoms with Gasteiger partial charge in [-0.15, -0.1) is 0 Å². The fourth-order valence-corrected chi connectivity index (χ4v) is 4.41. The molecule has 1 fully saturated rings. The Morgan fingerprint density at radius 3 is 2.42 bits per heavy atom. The number of nitrogens with zero attached hydrogens (tertiary/aromatic N) is 2. The fourth-order valence-electron chi connectivity index (χ4n) is 4.41. The monoisotopic (exact) mass is 510 g/mol. The van der Waals surface area contributed by atoms with E-state index in [9.17, 15) is 14.7 Å². The Kier molecular flexibility index (Phi) is 7.13. The maximum absolute atomic E-state index is 13.2. The van der Waals surface area contributed by atoms with Crippen molar-refractivity contribution in [3.63, 3.8) is 0 Å². The Hall–Kier alpha value is -4.59. The molecule has 0 radical (unpaired) electrons. The van der Waals surface area contributed by atoms with Crippen LogP contribution in [0.15, 0.2) is 72.8 Å². The largest absolute Gasteiger partial charge is 0.507 e. The van der Waals surface area contributed by atoms with E-state index in [2.05, 4.69) is 15.7 Å². The Bertz CT molecular complexity index is 1450. The van der Waals surface area contributed by atoms with E-state index in [0.717, 1.165) is 41.8 Å². The molecular weight excluding hydrogens is 480 g/mol. The van der Waals surface area contributed by atoms with E-state index in [1.807, 2.05) is 49.4 Å². The summed E-state index contributed by atoms with van der Waals surface area (Å²) in [7, 11) is 1.61. The van der Waals surface area contributed by atoms with Crippen molar-refractivity contribution in [2.75, 3.05) is 12.4 Å². The predicted octanol–water partition coefficient (Wildman–Crippen LogP) is 5.85. The highest BCUT2D eigenvalue weighted by Gasteiger charge is 2.27. The molecule has 3 aromatic carbocycles. The van der Waals surface area contributed by atoms with Crippen molar-refractivity contribution in [1.82, 2.24) is 15.1 Å². The average Bonchev–Trinajstić information content (AvgIpc) is 3.32. The zero-order valence-electron chi connectivity index (χ0n) is 21.4. The quantitative estimate of drug-likeness (QED) is 0.271. The van der Waals surface area contributed by atoms with Crippen molar-refractivity contribution in [3.8, 4) is 22.8 Å². The number of methoxy groups -OCH3 is 1. The number of amides is 2. The second-order valence-corrected chi connectivity index (χ2v) is 9.55. The number of aromatic nitrogens is 2. The second-order valence-electron chi connectivity index (χ2n) is 9.55. The molecule has 0 saturated heterocycles. The van der Waals surface area contributed by atoms with Gasteiger partial charge in [0.25, 0.3) is 5.91 Å². The van der Waals surface area contributed by atoms with Gasteiger partial charge in [-0.25, -0.2) is 4.79 Å². The third-order valence-corrected chi connectivity index (χ3v) is 6.90. The van der Waals surface area contributed by atoms with Crippen LogP contribution in [-0.4, -0.2) is 33.9 Å². The highest BCUT2D eigenvalue weighted by Crippen LogP contribution is 2.39. The minimum Gasteiger partial charge on any atom is -0.507 e. The van der Waals surface area contributed by atoms with Crippen LogP contribution >= 0.6 is 0 Å². The SMILES string of the molecule is COc1ccc(CNC(=O)n2nc(-c3cc(NC(=O)c4ccc(C)cc4)ccc3O)cc2C2CCC2)cc1. The molecule has 8 nitrogen and oxygen atoms in total. The first-order valence-corrected chi connectivity index (χ1v) is 12.6. The Balaban J connectivity index is 1.38. The molecule has 2 amide bonds. The smallest absolute Gasteiger partial charge is 0.342 e. The first-order chi connectivity index (χ1) is 18.4. The van der Waals surface area contributed by atoms with Crippen molar-refractivity contribution in [3.05, 3.63) is 95.2 Å². The fraction of sp³-hybridized carbons (Fsp3) is 0.233. The van der Waals surface area contributed by atoms with Crippen molar-refractivity contribution >= 4 is 17.6 Å². The van der Waals surface area contributed by atoms with Crippen LogP contribution in [0.1, 0.15) is 52.4 Å². The van der Waals surface area contributed by atoms with Gasteiger partial charge >= 0.3 is 6.03 Å². The van der Waals surface area contributed by atoms with E-state index in [-0.39, 0.29) is 23.6 Å². The standard InChI is InChI=1S/C30H30N4O4/c1-19-6-10-22(11-7-19)29(36)32-23-12-15-28(35)25(16-23)26-17-27(21-4-3-5-21)34(33-26)30(37)31-18-20-8-13-24(38-2)14-9-20/h6-17,21,35H,3-5,18H2,1-2H3,(H,31,37)(H,32,36). The van der Waals surface area contributed by atoms with Gasteiger partial charge in [-0.1, -0.05) is 36.2 Å². The number of phenols is 1. The molecule has 1 aliphatic rings. The van der Waals surface area contributed by atoms with Crippen LogP contribution in [0, 0.1) is 6.92 Å². The lowest BCUT2D eigenvalue weighted by molar-refractivity contribution is 0.102. The molecule has 0 unspecified atom stereocenters. The molecule has 0 aliphatic heterocycles. The molecule has 8 heteroatoms. The molecule has 38 heavy (non-hydrogen) atoms. The van der Waals surface area contributed by atoms with E-state index >= 15 is 0 Å². The minimum absolute atomic E-state index is 0.0155. The highest BCUT2D eigenvalue weighted by atomic mass is 16.5. The Morgan fingerprint density at radius 1 is 1.03 bits per heavy atom. The maximum Gasteiger partial charge on any atom is 0.342 e. The molecule has 1 heterocycles. The molecule has 5 rings (SSSR count). The Labute approximate surface area is 221 Å². The first-order valence-electron chi connectivity index (χ1n) is 12.6. The van der Waals surface area contributed by atoms with E-state index < -0.39 is 0 Å². The van der Waals surface area contributed by atoms with Gasteiger partial charge < -0.3 is 20.5 Å².